The SMILES string of the molecule is CN(CCNc1cc(N2CCCC2)nc(N2CCCC2)n1)CCN(C(N)=S)c1ccc(C(C)(C)C)cc1. The minimum atomic E-state index is 0.119. The highest BCUT2D eigenvalue weighted by Crippen LogP contribution is 2.26. The van der Waals surface area contributed by atoms with Crippen LogP contribution in [-0.2, 0) is 5.41 Å². The average Bonchev–Trinajstić information content (AvgIpc) is 3.58. The van der Waals surface area contributed by atoms with Crippen molar-refractivity contribution in [3.63, 3.8) is 0 Å². The summed E-state index contributed by atoms with van der Waals surface area (Å²) in [6.07, 6.45) is 4.91. The Bertz CT molecular complexity index is 989. The number of nitrogens with two attached hydrogens (primary N) is 1. The van der Waals surface area contributed by atoms with E-state index < -0.39 is 0 Å². The van der Waals surface area contributed by atoms with Crippen molar-refractivity contribution in [2.45, 2.75) is 51.9 Å². The van der Waals surface area contributed by atoms with Crippen molar-refractivity contribution in [2.24, 2.45) is 5.73 Å². The Morgan fingerprint density at radius 3 is 2.16 bits per heavy atom. The van der Waals surface area contributed by atoms with E-state index in [2.05, 4.69) is 78.2 Å². The third-order valence-corrected chi connectivity index (χ3v) is 7.56. The quantitative estimate of drug-likeness (QED) is 0.447. The van der Waals surface area contributed by atoms with Gasteiger partial charge in [-0.05, 0) is 68.1 Å². The maximum Gasteiger partial charge on any atom is 0.229 e. The number of benzene rings is 1. The Balaban J connectivity index is 1.31. The average molecular weight is 525 g/mol. The smallest absolute Gasteiger partial charge is 0.229 e. The molecule has 8 nitrogen and oxygen atoms in total. The van der Waals surface area contributed by atoms with E-state index in [-0.39, 0.29) is 5.41 Å². The van der Waals surface area contributed by atoms with Crippen molar-refractivity contribution in [3.8, 4) is 0 Å². The molecule has 0 aliphatic carbocycles. The summed E-state index contributed by atoms with van der Waals surface area (Å²) >= 11 is 5.37. The molecule has 1 aromatic carbocycles. The predicted molar refractivity (Wildman–Crippen MR) is 160 cm³/mol. The van der Waals surface area contributed by atoms with Crippen LogP contribution in [0.2, 0.25) is 0 Å². The van der Waals surface area contributed by atoms with Gasteiger partial charge in [0, 0.05) is 64.1 Å². The standard InChI is InChI=1S/C28H44N8S/c1-28(2,3)22-9-11-23(12-10-22)36(26(29)37)20-19-33(4)18-13-30-24-21-25(34-14-5-6-15-34)32-27(31-24)35-16-7-8-17-35/h9-12,21H,5-8,13-20H2,1-4H3,(H2,29,37)(H,30,31,32). The van der Waals surface area contributed by atoms with Gasteiger partial charge in [-0.3, -0.25) is 0 Å². The fourth-order valence-electron chi connectivity index (χ4n) is 4.94. The fourth-order valence-corrected chi connectivity index (χ4v) is 5.14. The molecule has 0 saturated carbocycles. The van der Waals surface area contributed by atoms with Crippen LogP contribution < -0.4 is 25.8 Å². The molecule has 9 heteroatoms. The van der Waals surface area contributed by atoms with Gasteiger partial charge in [0.25, 0.3) is 0 Å². The highest BCUT2D eigenvalue weighted by molar-refractivity contribution is 7.80. The summed E-state index contributed by atoms with van der Waals surface area (Å²) in [5.41, 5.74) is 8.55. The van der Waals surface area contributed by atoms with Gasteiger partial charge in [-0.25, -0.2) is 0 Å². The molecule has 2 saturated heterocycles. The normalized spacial score (nSPS) is 16.0. The first-order chi connectivity index (χ1) is 17.7. The van der Waals surface area contributed by atoms with E-state index in [9.17, 15) is 0 Å². The van der Waals surface area contributed by atoms with Crippen LogP contribution in [0.1, 0.15) is 52.0 Å². The molecule has 3 N–H and O–H groups in total. The molecule has 3 heterocycles. The van der Waals surface area contributed by atoms with Crippen molar-refractivity contribution < 1.29 is 0 Å². The van der Waals surface area contributed by atoms with E-state index in [1.165, 1.54) is 31.2 Å². The number of hydrogen-bond acceptors (Lipinski definition) is 7. The van der Waals surface area contributed by atoms with Gasteiger partial charge >= 0.3 is 0 Å². The molecule has 0 unspecified atom stereocenters. The Morgan fingerprint density at radius 1 is 0.946 bits per heavy atom. The van der Waals surface area contributed by atoms with Crippen LogP contribution >= 0.6 is 12.2 Å². The molecule has 4 rings (SSSR count). The molecule has 2 aromatic rings. The lowest BCUT2D eigenvalue weighted by Gasteiger charge is -2.27. The molecule has 2 fully saturated rings. The Hall–Kier alpha value is -2.65. The Labute approximate surface area is 228 Å². The first-order valence-electron chi connectivity index (χ1n) is 13.7. The summed E-state index contributed by atoms with van der Waals surface area (Å²) in [6, 6.07) is 10.7. The number of nitrogens with one attached hydrogen (secondary N) is 1. The fraction of sp³-hybridized carbons (Fsp3) is 0.607. The third kappa shape index (κ3) is 7.45. The second kappa shape index (κ2) is 12.3. The maximum atomic E-state index is 6.09. The highest BCUT2D eigenvalue weighted by atomic mass is 32.1. The Kier molecular flexibility index (Phi) is 9.08. The summed E-state index contributed by atoms with van der Waals surface area (Å²) < 4.78 is 0. The number of hydrogen-bond donors (Lipinski definition) is 2. The van der Waals surface area contributed by atoms with Gasteiger partial charge in [0.05, 0.1) is 0 Å². The minimum absolute atomic E-state index is 0.119. The summed E-state index contributed by atoms with van der Waals surface area (Å²) in [4.78, 5) is 18.8. The van der Waals surface area contributed by atoms with Gasteiger partial charge in [-0.2, -0.15) is 9.97 Å². The van der Waals surface area contributed by atoms with Crippen molar-refractivity contribution in [2.75, 3.05) is 79.4 Å². The number of nitrogens with zero attached hydrogens (tertiary/aromatic N) is 6. The number of rotatable bonds is 10. The molecule has 0 bridgehead atoms. The van der Waals surface area contributed by atoms with Crippen LogP contribution in [0.3, 0.4) is 0 Å². The molecule has 0 spiro atoms. The number of thiocarbonyl (C=S) groups is 1. The van der Waals surface area contributed by atoms with Gasteiger partial charge in [-0.15, -0.1) is 0 Å². The summed E-state index contributed by atoms with van der Waals surface area (Å²) in [5.74, 6) is 2.83. The van der Waals surface area contributed by atoms with Crippen LogP contribution in [0.4, 0.5) is 23.3 Å². The highest BCUT2D eigenvalue weighted by Gasteiger charge is 2.21. The number of aromatic nitrogens is 2. The lowest BCUT2D eigenvalue weighted by atomic mass is 9.87. The van der Waals surface area contributed by atoms with Crippen LogP contribution in [0, 0.1) is 0 Å². The molecule has 2 aliphatic rings. The van der Waals surface area contributed by atoms with E-state index in [0.29, 0.717) is 5.11 Å². The second-order valence-electron chi connectivity index (χ2n) is 11.3. The minimum Gasteiger partial charge on any atom is -0.376 e. The molecular formula is C28H44N8S. The summed E-state index contributed by atoms with van der Waals surface area (Å²) in [6.45, 7) is 14.2. The zero-order valence-electron chi connectivity index (χ0n) is 23.0. The lowest BCUT2D eigenvalue weighted by Crippen LogP contribution is -2.41. The topological polar surface area (TPSA) is 76.8 Å². The molecule has 37 heavy (non-hydrogen) atoms. The van der Waals surface area contributed by atoms with E-state index in [4.69, 9.17) is 27.9 Å². The second-order valence-corrected chi connectivity index (χ2v) is 11.7. The van der Waals surface area contributed by atoms with Crippen LogP contribution in [0.15, 0.2) is 30.3 Å². The third-order valence-electron chi connectivity index (χ3n) is 7.34. The maximum absolute atomic E-state index is 6.09. The molecule has 2 aliphatic heterocycles. The van der Waals surface area contributed by atoms with Gasteiger partial charge in [0.15, 0.2) is 5.11 Å². The van der Waals surface area contributed by atoms with Crippen molar-refractivity contribution in [3.05, 3.63) is 35.9 Å². The van der Waals surface area contributed by atoms with E-state index >= 15 is 0 Å². The first kappa shape index (κ1) is 27.4. The molecule has 0 amide bonds. The Morgan fingerprint density at radius 2 is 1.57 bits per heavy atom. The van der Waals surface area contributed by atoms with Crippen molar-refractivity contribution in [1.82, 2.24) is 14.9 Å². The molecule has 0 radical (unpaired) electrons. The predicted octanol–water partition coefficient (Wildman–Crippen LogP) is 4.07. The van der Waals surface area contributed by atoms with Gasteiger partial charge in [-0.1, -0.05) is 32.9 Å². The largest absolute Gasteiger partial charge is 0.376 e. The van der Waals surface area contributed by atoms with E-state index in [0.717, 1.165) is 75.6 Å². The monoisotopic (exact) mass is 524 g/mol. The number of likely N-dealkylation sites (N-methyl/N-ethyl adjacent to an activating group) is 1. The molecule has 0 atom stereocenters. The lowest BCUT2D eigenvalue weighted by molar-refractivity contribution is 0.357. The van der Waals surface area contributed by atoms with Gasteiger partial charge < -0.3 is 30.7 Å². The van der Waals surface area contributed by atoms with Gasteiger partial charge in [0.1, 0.15) is 11.6 Å². The van der Waals surface area contributed by atoms with Crippen LogP contribution in [-0.4, -0.2) is 79.4 Å². The van der Waals surface area contributed by atoms with Crippen LogP contribution in [0.5, 0.6) is 0 Å². The molecule has 202 valence electrons. The molecule has 1 aromatic heterocycles. The zero-order valence-corrected chi connectivity index (χ0v) is 23.9. The summed E-state index contributed by atoms with van der Waals surface area (Å²) in [7, 11) is 2.13. The van der Waals surface area contributed by atoms with Crippen molar-refractivity contribution >= 4 is 40.6 Å². The first-order valence-corrected chi connectivity index (χ1v) is 14.1. The number of anilines is 4. The summed E-state index contributed by atoms with van der Waals surface area (Å²) in [5, 5.41) is 3.96. The van der Waals surface area contributed by atoms with E-state index in [1.807, 2.05) is 4.90 Å². The van der Waals surface area contributed by atoms with Crippen LogP contribution in [0.25, 0.3) is 0 Å². The molecular weight excluding hydrogens is 480 g/mol. The van der Waals surface area contributed by atoms with Gasteiger partial charge in [0.2, 0.25) is 5.95 Å². The zero-order chi connectivity index (χ0) is 26.4. The van der Waals surface area contributed by atoms with Crippen molar-refractivity contribution in [1.29, 1.82) is 0 Å². The van der Waals surface area contributed by atoms with E-state index in [1.54, 1.807) is 0 Å².